The summed E-state index contributed by atoms with van der Waals surface area (Å²) in [5.41, 5.74) is 0.895. The van der Waals surface area contributed by atoms with Crippen molar-refractivity contribution in [1.29, 1.82) is 0 Å². The van der Waals surface area contributed by atoms with Crippen molar-refractivity contribution < 1.29 is 5.11 Å². The zero-order valence-corrected chi connectivity index (χ0v) is 13.6. The molecular formula is C13H11Br2NOS. The third kappa shape index (κ3) is 3.35. The number of hydrogen-bond acceptors (Lipinski definition) is 3. The van der Waals surface area contributed by atoms with Gasteiger partial charge in [0.25, 0.3) is 0 Å². The second-order valence-corrected chi connectivity index (χ2v) is 6.50. The van der Waals surface area contributed by atoms with Crippen LogP contribution in [0.5, 0.6) is 0 Å². The van der Waals surface area contributed by atoms with Crippen LogP contribution >= 0.6 is 43.6 Å². The quantitative estimate of drug-likeness (QED) is 0.818. The van der Waals surface area contributed by atoms with Crippen LogP contribution in [0, 0.1) is 0 Å². The van der Waals surface area contributed by atoms with Gasteiger partial charge >= 0.3 is 0 Å². The summed E-state index contributed by atoms with van der Waals surface area (Å²) < 4.78 is 1.94. The molecule has 18 heavy (non-hydrogen) atoms. The summed E-state index contributed by atoms with van der Waals surface area (Å²) in [4.78, 5) is 5.39. The summed E-state index contributed by atoms with van der Waals surface area (Å²) in [7, 11) is 0. The van der Waals surface area contributed by atoms with E-state index in [9.17, 15) is 5.11 Å². The van der Waals surface area contributed by atoms with E-state index in [1.807, 2.05) is 30.3 Å². The van der Waals surface area contributed by atoms with Crippen molar-refractivity contribution in [2.45, 2.75) is 22.9 Å². The normalized spacial score (nSPS) is 12.4. The van der Waals surface area contributed by atoms with Gasteiger partial charge in [-0.2, -0.15) is 0 Å². The van der Waals surface area contributed by atoms with Crippen molar-refractivity contribution in [3.63, 3.8) is 0 Å². The molecule has 0 amide bonds. The average Bonchev–Trinajstić information content (AvgIpc) is 2.34. The van der Waals surface area contributed by atoms with Crippen molar-refractivity contribution in [2.75, 3.05) is 0 Å². The Morgan fingerprint density at radius 3 is 2.61 bits per heavy atom. The highest BCUT2D eigenvalue weighted by Gasteiger charge is 2.09. The topological polar surface area (TPSA) is 33.1 Å². The van der Waals surface area contributed by atoms with E-state index in [4.69, 9.17) is 0 Å². The van der Waals surface area contributed by atoms with Crippen LogP contribution in [0.25, 0.3) is 0 Å². The molecule has 94 valence electrons. The monoisotopic (exact) mass is 387 g/mol. The highest BCUT2D eigenvalue weighted by atomic mass is 79.9. The van der Waals surface area contributed by atoms with E-state index < -0.39 is 6.10 Å². The van der Waals surface area contributed by atoms with Gasteiger partial charge in [0.2, 0.25) is 0 Å². The number of rotatable bonds is 3. The molecule has 1 N–H and O–H groups in total. The molecule has 0 radical (unpaired) electrons. The van der Waals surface area contributed by atoms with E-state index in [2.05, 4.69) is 36.8 Å². The van der Waals surface area contributed by atoms with Crippen LogP contribution in [0.2, 0.25) is 0 Å². The summed E-state index contributed by atoms with van der Waals surface area (Å²) >= 11 is 8.57. The first-order valence-corrected chi connectivity index (χ1v) is 7.74. The molecule has 0 aliphatic heterocycles. The van der Waals surface area contributed by atoms with Crippen molar-refractivity contribution in [2.24, 2.45) is 0 Å². The van der Waals surface area contributed by atoms with Crippen molar-refractivity contribution >= 4 is 43.6 Å². The molecule has 1 atom stereocenters. The van der Waals surface area contributed by atoms with E-state index in [1.165, 1.54) is 0 Å². The highest BCUT2D eigenvalue weighted by molar-refractivity contribution is 9.11. The number of hydrogen-bond donors (Lipinski definition) is 1. The molecule has 0 aliphatic carbocycles. The van der Waals surface area contributed by atoms with Gasteiger partial charge in [-0.25, -0.2) is 4.98 Å². The van der Waals surface area contributed by atoms with E-state index in [1.54, 1.807) is 24.9 Å². The number of aliphatic hydroxyl groups excluding tert-OH is 1. The molecule has 0 bridgehead atoms. The van der Waals surface area contributed by atoms with Gasteiger partial charge in [0.1, 0.15) is 5.03 Å². The lowest BCUT2D eigenvalue weighted by atomic mass is 10.1. The fourth-order valence-corrected chi connectivity index (χ4v) is 3.33. The molecule has 2 aromatic rings. The Labute approximate surface area is 127 Å². The Kier molecular flexibility index (Phi) is 4.84. The number of pyridine rings is 1. The smallest absolute Gasteiger partial charge is 0.115 e. The fraction of sp³-hybridized carbons (Fsp3) is 0.154. The van der Waals surface area contributed by atoms with Gasteiger partial charge in [0.05, 0.1) is 10.6 Å². The largest absolute Gasteiger partial charge is 0.389 e. The lowest BCUT2D eigenvalue weighted by Gasteiger charge is -2.09. The number of nitrogens with zero attached hydrogens (tertiary/aromatic N) is 1. The number of halogens is 2. The molecular weight excluding hydrogens is 378 g/mol. The fourth-order valence-electron chi connectivity index (χ4n) is 1.41. The number of aliphatic hydroxyl groups is 1. The molecule has 0 spiro atoms. The molecule has 0 fully saturated rings. The Morgan fingerprint density at radius 2 is 2.00 bits per heavy atom. The molecule has 0 unspecified atom stereocenters. The van der Waals surface area contributed by atoms with Crippen LogP contribution in [0.3, 0.4) is 0 Å². The second kappa shape index (κ2) is 6.19. The van der Waals surface area contributed by atoms with Crippen molar-refractivity contribution in [3.05, 3.63) is 51.0 Å². The molecule has 0 saturated carbocycles. The Balaban J connectivity index is 2.28. The van der Waals surface area contributed by atoms with Gasteiger partial charge < -0.3 is 5.11 Å². The maximum atomic E-state index is 9.53. The van der Waals surface area contributed by atoms with Gasteiger partial charge in [-0.05, 0) is 68.6 Å². The molecule has 2 nitrogen and oxygen atoms in total. The van der Waals surface area contributed by atoms with Crippen LogP contribution < -0.4 is 0 Å². The van der Waals surface area contributed by atoms with E-state index >= 15 is 0 Å². The molecule has 5 heteroatoms. The maximum Gasteiger partial charge on any atom is 0.115 e. The third-order valence-corrected chi connectivity index (χ3v) is 5.29. The molecule has 1 aromatic heterocycles. The summed E-state index contributed by atoms with van der Waals surface area (Å²) in [5.74, 6) is 0. The molecule has 1 heterocycles. The van der Waals surface area contributed by atoms with Crippen LogP contribution in [0.4, 0.5) is 0 Å². The number of benzene rings is 1. The lowest BCUT2D eigenvalue weighted by molar-refractivity contribution is 0.199. The minimum Gasteiger partial charge on any atom is -0.389 e. The van der Waals surface area contributed by atoms with Gasteiger partial charge in [0, 0.05) is 15.6 Å². The first-order valence-electron chi connectivity index (χ1n) is 5.34. The first kappa shape index (κ1) is 14.1. The second-order valence-electron chi connectivity index (χ2n) is 3.76. The van der Waals surface area contributed by atoms with E-state index in [-0.39, 0.29) is 0 Å². The molecule has 1 aromatic carbocycles. The first-order chi connectivity index (χ1) is 8.58. The summed E-state index contributed by atoms with van der Waals surface area (Å²) in [6, 6.07) is 9.70. The lowest BCUT2D eigenvalue weighted by Crippen LogP contribution is -1.91. The third-order valence-electron chi connectivity index (χ3n) is 2.37. The zero-order chi connectivity index (χ0) is 13.1. The predicted molar refractivity (Wildman–Crippen MR) is 80.8 cm³/mol. The minimum atomic E-state index is -0.457. The SMILES string of the molecule is C[C@@H](O)c1ccc(Sc2ncccc2Br)c(Br)c1. The van der Waals surface area contributed by atoms with Crippen LogP contribution in [-0.2, 0) is 0 Å². The van der Waals surface area contributed by atoms with Crippen LogP contribution in [-0.4, -0.2) is 10.1 Å². The van der Waals surface area contributed by atoms with Crippen molar-refractivity contribution in [3.8, 4) is 0 Å². The zero-order valence-electron chi connectivity index (χ0n) is 9.60. The van der Waals surface area contributed by atoms with Crippen LogP contribution in [0.15, 0.2) is 55.4 Å². The van der Waals surface area contributed by atoms with Crippen LogP contribution in [0.1, 0.15) is 18.6 Å². The summed E-state index contributed by atoms with van der Waals surface area (Å²) in [6.07, 6.45) is 1.31. The summed E-state index contributed by atoms with van der Waals surface area (Å²) in [5, 5.41) is 10.4. The molecule has 2 rings (SSSR count). The molecule has 0 saturated heterocycles. The number of aromatic nitrogens is 1. The summed E-state index contributed by atoms with van der Waals surface area (Å²) in [6.45, 7) is 1.75. The van der Waals surface area contributed by atoms with Gasteiger partial charge in [-0.1, -0.05) is 17.8 Å². The Hall–Kier alpha value is -0.360. The van der Waals surface area contributed by atoms with Crippen molar-refractivity contribution in [1.82, 2.24) is 4.98 Å². The van der Waals surface area contributed by atoms with Gasteiger partial charge in [-0.15, -0.1) is 0 Å². The van der Waals surface area contributed by atoms with E-state index in [0.717, 1.165) is 24.4 Å². The van der Waals surface area contributed by atoms with Gasteiger partial charge in [0.15, 0.2) is 0 Å². The highest BCUT2D eigenvalue weighted by Crippen LogP contribution is 2.36. The maximum absolute atomic E-state index is 9.53. The standard InChI is InChI=1S/C13H11Br2NOS/c1-8(17)9-4-5-12(11(15)7-9)18-13-10(14)3-2-6-16-13/h2-8,17H,1H3/t8-/m1/s1. The Morgan fingerprint density at radius 1 is 1.22 bits per heavy atom. The molecule has 0 aliphatic rings. The minimum absolute atomic E-state index is 0.457. The van der Waals surface area contributed by atoms with E-state index in [0.29, 0.717) is 0 Å². The van der Waals surface area contributed by atoms with Gasteiger partial charge in [-0.3, -0.25) is 0 Å². The Bertz CT molecular complexity index is 560. The average molecular weight is 389 g/mol. The predicted octanol–water partition coefficient (Wildman–Crippen LogP) is 4.81.